The summed E-state index contributed by atoms with van der Waals surface area (Å²) in [5.41, 5.74) is 0.992. The summed E-state index contributed by atoms with van der Waals surface area (Å²) < 4.78 is 7.06. The highest BCUT2D eigenvalue weighted by molar-refractivity contribution is 5.73. The molecule has 10 heteroatoms. The molecule has 4 atom stereocenters. The minimum Gasteiger partial charge on any atom is -0.394 e. The van der Waals surface area contributed by atoms with Crippen LogP contribution in [-0.4, -0.2) is 66.3 Å². The van der Waals surface area contributed by atoms with Gasteiger partial charge in [-0.05, 0) is 12.0 Å². The Morgan fingerprint density at radius 2 is 2.00 bits per heavy atom. The van der Waals surface area contributed by atoms with Crippen LogP contribution in [0.3, 0.4) is 0 Å². The van der Waals surface area contributed by atoms with Crippen LogP contribution in [0.1, 0.15) is 11.8 Å². The Labute approximate surface area is 159 Å². The average molecular weight is 387 g/mol. The van der Waals surface area contributed by atoms with Crippen molar-refractivity contribution in [1.82, 2.24) is 19.5 Å². The standard InChI is InChI=1S/C18H21N5O5/c24-8-11-13(25)14(26)17(28-11)23-15-12(16(27)21-9-20-15)22-18(23)19-7-6-10-4-2-1-3-5-10/h1-5,9,11,13-14,17,24-26H,6-8H2,(H,19,22)(H,20,21,27). The SMILES string of the molecule is O=c1[nH]cnc2c1nc(NCCc1ccccc1)n2C1OC(CO)C(O)C1O. The molecule has 28 heavy (non-hydrogen) atoms. The van der Waals surface area contributed by atoms with E-state index in [1.54, 1.807) is 0 Å². The van der Waals surface area contributed by atoms with Crippen molar-refractivity contribution in [3.63, 3.8) is 0 Å². The predicted molar refractivity (Wildman–Crippen MR) is 99.8 cm³/mol. The molecular weight excluding hydrogens is 366 g/mol. The van der Waals surface area contributed by atoms with E-state index in [0.717, 1.165) is 5.56 Å². The monoisotopic (exact) mass is 387 g/mol. The van der Waals surface area contributed by atoms with E-state index in [1.165, 1.54) is 10.9 Å². The maximum absolute atomic E-state index is 12.1. The number of H-pyrrole nitrogens is 1. The van der Waals surface area contributed by atoms with Gasteiger partial charge in [-0.1, -0.05) is 30.3 Å². The molecule has 10 nitrogen and oxygen atoms in total. The lowest BCUT2D eigenvalue weighted by Crippen LogP contribution is -2.33. The quantitative estimate of drug-likeness (QED) is 0.376. The van der Waals surface area contributed by atoms with E-state index < -0.39 is 36.7 Å². The molecule has 3 aromatic rings. The fourth-order valence-electron chi connectivity index (χ4n) is 3.34. The number of ether oxygens (including phenoxy) is 1. The van der Waals surface area contributed by atoms with Gasteiger partial charge in [0.25, 0.3) is 5.56 Å². The summed E-state index contributed by atoms with van der Waals surface area (Å²) in [6, 6.07) is 9.85. The molecule has 0 spiro atoms. The first-order valence-corrected chi connectivity index (χ1v) is 8.96. The van der Waals surface area contributed by atoms with Crippen LogP contribution in [0.4, 0.5) is 5.95 Å². The van der Waals surface area contributed by atoms with Crippen molar-refractivity contribution in [1.29, 1.82) is 0 Å². The molecule has 4 unspecified atom stereocenters. The number of aliphatic hydroxyl groups is 3. The number of imidazole rings is 1. The topological polar surface area (TPSA) is 146 Å². The van der Waals surface area contributed by atoms with Gasteiger partial charge in [-0.25, -0.2) is 9.97 Å². The molecular formula is C18H21N5O5. The van der Waals surface area contributed by atoms with E-state index >= 15 is 0 Å². The van der Waals surface area contributed by atoms with Gasteiger partial charge < -0.3 is 30.4 Å². The third-order valence-electron chi connectivity index (χ3n) is 4.79. The van der Waals surface area contributed by atoms with Crippen LogP contribution >= 0.6 is 0 Å². The number of hydrogen-bond acceptors (Lipinski definition) is 8. The highest BCUT2D eigenvalue weighted by atomic mass is 16.6. The summed E-state index contributed by atoms with van der Waals surface area (Å²) in [5, 5.41) is 33.0. The molecule has 1 saturated heterocycles. The normalized spacial score (nSPS) is 24.7. The van der Waals surface area contributed by atoms with Crippen LogP contribution in [0.2, 0.25) is 0 Å². The zero-order valence-electron chi connectivity index (χ0n) is 14.9. The van der Waals surface area contributed by atoms with Crippen molar-refractivity contribution < 1.29 is 20.1 Å². The molecule has 2 aromatic heterocycles. The number of benzene rings is 1. The zero-order chi connectivity index (χ0) is 19.7. The Kier molecular flexibility index (Phi) is 5.09. The summed E-state index contributed by atoms with van der Waals surface area (Å²) in [7, 11) is 0. The van der Waals surface area contributed by atoms with Crippen molar-refractivity contribution >= 4 is 17.1 Å². The molecule has 4 rings (SSSR count). The summed E-state index contributed by atoms with van der Waals surface area (Å²) in [5.74, 6) is 0.282. The zero-order valence-corrected chi connectivity index (χ0v) is 14.9. The van der Waals surface area contributed by atoms with Crippen molar-refractivity contribution in [2.24, 2.45) is 0 Å². The number of aromatic nitrogens is 4. The maximum atomic E-state index is 12.1. The Hall–Kier alpha value is -2.79. The fourth-order valence-corrected chi connectivity index (χ4v) is 3.34. The third kappa shape index (κ3) is 3.27. The molecule has 0 aliphatic carbocycles. The van der Waals surface area contributed by atoms with E-state index in [1.807, 2.05) is 30.3 Å². The molecule has 1 aliphatic heterocycles. The molecule has 0 amide bonds. The van der Waals surface area contributed by atoms with E-state index in [-0.39, 0.29) is 17.1 Å². The van der Waals surface area contributed by atoms with Crippen molar-refractivity contribution in [3.8, 4) is 0 Å². The highest BCUT2D eigenvalue weighted by Gasteiger charge is 2.45. The predicted octanol–water partition coefficient (Wildman–Crippen LogP) is -0.614. The minimum absolute atomic E-state index is 0.0856. The molecule has 1 fully saturated rings. The molecule has 148 valence electrons. The van der Waals surface area contributed by atoms with Gasteiger partial charge in [0.05, 0.1) is 12.9 Å². The average Bonchev–Trinajstić information content (AvgIpc) is 3.21. The van der Waals surface area contributed by atoms with Gasteiger partial charge in [0.2, 0.25) is 5.95 Å². The smallest absolute Gasteiger partial charge is 0.278 e. The van der Waals surface area contributed by atoms with Gasteiger partial charge in [-0.2, -0.15) is 0 Å². The van der Waals surface area contributed by atoms with Gasteiger partial charge in [0, 0.05) is 6.54 Å². The second kappa shape index (κ2) is 7.68. The van der Waals surface area contributed by atoms with E-state index in [9.17, 15) is 20.1 Å². The number of aliphatic hydroxyl groups excluding tert-OH is 3. The third-order valence-corrected chi connectivity index (χ3v) is 4.79. The number of aromatic amines is 1. The first-order valence-electron chi connectivity index (χ1n) is 8.96. The summed E-state index contributed by atoms with van der Waals surface area (Å²) in [6.45, 7) is 0.0617. The van der Waals surface area contributed by atoms with Gasteiger partial charge in [0.15, 0.2) is 17.4 Å². The Balaban J connectivity index is 1.67. The number of anilines is 1. The van der Waals surface area contributed by atoms with Gasteiger partial charge in [0.1, 0.15) is 18.3 Å². The van der Waals surface area contributed by atoms with E-state index in [2.05, 4.69) is 20.3 Å². The van der Waals surface area contributed by atoms with Crippen LogP contribution in [0.15, 0.2) is 41.5 Å². The minimum atomic E-state index is -1.31. The first kappa shape index (κ1) is 18.6. The van der Waals surface area contributed by atoms with Crippen LogP contribution in [-0.2, 0) is 11.2 Å². The molecule has 1 aromatic carbocycles. The second-order valence-corrected chi connectivity index (χ2v) is 6.60. The number of fused-ring (bicyclic) bond motifs is 1. The number of rotatable bonds is 6. The molecule has 5 N–H and O–H groups in total. The molecule has 0 radical (unpaired) electrons. The Bertz CT molecular complexity index is 1000. The lowest BCUT2D eigenvalue weighted by molar-refractivity contribution is -0.0501. The lowest BCUT2D eigenvalue weighted by atomic mass is 10.1. The van der Waals surface area contributed by atoms with Crippen LogP contribution < -0.4 is 10.9 Å². The Morgan fingerprint density at radius 1 is 1.21 bits per heavy atom. The molecule has 0 bridgehead atoms. The van der Waals surface area contributed by atoms with Crippen LogP contribution in [0, 0.1) is 0 Å². The molecule has 0 saturated carbocycles. The van der Waals surface area contributed by atoms with Crippen molar-refractivity contribution in [3.05, 3.63) is 52.6 Å². The van der Waals surface area contributed by atoms with Crippen molar-refractivity contribution in [2.75, 3.05) is 18.5 Å². The molecule has 3 heterocycles. The Morgan fingerprint density at radius 3 is 2.71 bits per heavy atom. The number of hydrogen-bond donors (Lipinski definition) is 5. The van der Waals surface area contributed by atoms with Crippen molar-refractivity contribution in [2.45, 2.75) is 31.0 Å². The largest absolute Gasteiger partial charge is 0.394 e. The summed E-state index contributed by atoms with van der Waals surface area (Å²) in [6.07, 6.45) is -2.64. The number of nitrogens with zero attached hydrogens (tertiary/aromatic N) is 3. The maximum Gasteiger partial charge on any atom is 0.278 e. The van der Waals surface area contributed by atoms with E-state index in [0.29, 0.717) is 13.0 Å². The second-order valence-electron chi connectivity index (χ2n) is 6.60. The highest BCUT2D eigenvalue weighted by Crippen LogP contribution is 2.33. The van der Waals surface area contributed by atoms with Gasteiger partial charge in [-0.15, -0.1) is 0 Å². The van der Waals surface area contributed by atoms with Crippen LogP contribution in [0.25, 0.3) is 11.2 Å². The molecule has 1 aliphatic rings. The fraction of sp³-hybridized carbons (Fsp3) is 0.389. The van der Waals surface area contributed by atoms with Gasteiger partial charge >= 0.3 is 0 Å². The summed E-state index contributed by atoms with van der Waals surface area (Å²) in [4.78, 5) is 23.1. The lowest BCUT2D eigenvalue weighted by Gasteiger charge is -2.19. The first-order chi connectivity index (χ1) is 13.6. The summed E-state index contributed by atoms with van der Waals surface area (Å²) >= 11 is 0. The van der Waals surface area contributed by atoms with E-state index in [4.69, 9.17) is 4.74 Å². The number of nitrogens with one attached hydrogen (secondary N) is 2. The van der Waals surface area contributed by atoms with Crippen LogP contribution in [0.5, 0.6) is 0 Å². The van der Waals surface area contributed by atoms with Gasteiger partial charge in [-0.3, -0.25) is 9.36 Å².